The van der Waals surface area contributed by atoms with Gasteiger partial charge in [0.25, 0.3) is 0 Å². The molecule has 2 heterocycles. The minimum Gasteiger partial charge on any atom is -0.457 e. The highest BCUT2D eigenvalue weighted by atomic mass is 16.5. The Bertz CT molecular complexity index is 1020. The smallest absolute Gasteiger partial charge is 0.129 e. The number of H-pyrrole nitrogens is 2. The van der Waals surface area contributed by atoms with E-state index in [1.807, 2.05) is 48.5 Å². The van der Waals surface area contributed by atoms with Crippen LogP contribution in [-0.4, -0.2) is 49.9 Å². The maximum Gasteiger partial charge on any atom is 0.129 e. The first-order valence-electron chi connectivity index (χ1n) is 9.34. The van der Waals surface area contributed by atoms with Gasteiger partial charge in [-0.2, -0.15) is 5.10 Å². The lowest BCUT2D eigenvalue weighted by Gasteiger charge is -2.16. The average molecular weight is 377 g/mol. The van der Waals surface area contributed by atoms with Gasteiger partial charge in [-0.1, -0.05) is 6.92 Å². The Labute approximate surface area is 163 Å². The van der Waals surface area contributed by atoms with Crippen LogP contribution in [0.1, 0.15) is 12.7 Å². The molecule has 0 aliphatic carbocycles. The first kappa shape index (κ1) is 18.2. The monoisotopic (exact) mass is 377 g/mol. The van der Waals surface area contributed by atoms with Gasteiger partial charge in [-0.3, -0.25) is 10.00 Å². The molecule has 2 aromatic heterocycles. The zero-order valence-corrected chi connectivity index (χ0v) is 15.7. The molecule has 0 unspecified atom stereocenters. The number of aliphatic hydroxyl groups is 1. The molecule has 0 spiro atoms. The van der Waals surface area contributed by atoms with Crippen molar-refractivity contribution < 1.29 is 9.84 Å². The minimum absolute atomic E-state index is 0.144. The fraction of sp³-hybridized carbons (Fsp3) is 0.238. The molecule has 144 valence electrons. The van der Waals surface area contributed by atoms with E-state index in [1.54, 1.807) is 6.20 Å². The van der Waals surface area contributed by atoms with Gasteiger partial charge in [-0.25, -0.2) is 4.98 Å². The minimum atomic E-state index is 0.144. The molecule has 0 atom stereocenters. The summed E-state index contributed by atoms with van der Waals surface area (Å²) in [4.78, 5) is 10.1. The van der Waals surface area contributed by atoms with Gasteiger partial charge in [0.2, 0.25) is 0 Å². The van der Waals surface area contributed by atoms with E-state index in [0.717, 1.165) is 46.2 Å². The molecule has 7 nitrogen and oxygen atoms in total. The van der Waals surface area contributed by atoms with Gasteiger partial charge in [0, 0.05) is 18.8 Å². The lowest BCUT2D eigenvalue weighted by Crippen LogP contribution is -2.26. The quantitative estimate of drug-likeness (QED) is 0.437. The van der Waals surface area contributed by atoms with E-state index in [-0.39, 0.29) is 6.61 Å². The number of rotatable bonds is 8. The number of fused-ring (bicyclic) bond motifs is 1. The van der Waals surface area contributed by atoms with Crippen molar-refractivity contribution in [2.24, 2.45) is 0 Å². The summed E-state index contributed by atoms with van der Waals surface area (Å²) < 4.78 is 5.99. The number of aromatic amines is 2. The van der Waals surface area contributed by atoms with Crippen molar-refractivity contribution in [2.75, 3.05) is 19.7 Å². The normalized spacial score (nSPS) is 11.4. The Morgan fingerprint density at radius 2 is 1.89 bits per heavy atom. The molecule has 0 aliphatic heterocycles. The number of hydrogen-bond donors (Lipinski definition) is 3. The molecule has 0 saturated carbocycles. The van der Waals surface area contributed by atoms with E-state index in [9.17, 15) is 0 Å². The number of nitrogens with zero attached hydrogens (tertiary/aromatic N) is 3. The van der Waals surface area contributed by atoms with E-state index in [0.29, 0.717) is 13.1 Å². The second-order valence-corrected chi connectivity index (χ2v) is 6.55. The Kier molecular flexibility index (Phi) is 5.36. The molecule has 28 heavy (non-hydrogen) atoms. The van der Waals surface area contributed by atoms with E-state index >= 15 is 0 Å². The van der Waals surface area contributed by atoms with Gasteiger partial charge < -0.3 is 14.8 Å². The zero-order valence-electron chi connectivity index (χ0n) is 15.7. The van der Waals surface area contributed by atoms with Crippen molar-refractivity contribution in [3.8, 4) is 22.8 Å². The van der Waals surface area contributed by atoms with Gasteiger partial charge >= 0.3 is 0 Å². The molecule has 7 heteroatoms. The van der Waals surface area contributed by atoms with Gasteiger partial charge in [0.1, 0.15) is 17.3 Å². The topological polar surface area (TPSA) is 90.1 Å². The number of benzene rings is 2. The second kappa shape index (κ2) is 8.24. The van der Waals surface area contributed by atoms with Gasteiger partial charge in [-0.05, 0) is 54.6 Å². The number of nitrogens with one attached hydrogen (secondary N) is 2. The van der Waals surface area contributed by atoms with Crippen LogP contribution >= 0.6 is 0 Å². The average Bonchev–Trinajstić information content (AvgIpc) is 3.37. The number of ether oxygens (including phenoxy) is 1. The maximum atomic E-state index is 9.14. The molecule has 0 fully saturated rings. The molecule has 0 radical (unpaired) electrons. The molecular weight excluding hydrogens is 354 g/mol. The van der Waals surface area contributed by atoms with Crippen LogP contribution in [0.15, 0.2) is 54.7 Å². The van der Waals surface area contributed by atoms with Crippen LogP contribution in [0.3, 0.4) is 0 Å². The predicted molar refractivity (Wildman–Crippen MR) is 108 cm³/mol. The van der Waals surface area contributed by atoms with Crippen LogP contribution in [0.5, 0.6) is 11.5 Å². The highest BCUT2D eigenvalue weighted by Gasteiger charge is 2.09. The maximum absolute atomic E-state index is 9.14. The molecule has 2 aromatic carbocycles. The fourth-order valence-electron chi connectivity index (χ4n) is 3.13. The molecular formula is C21H23N5O2. The van der Waals surface area contributed by atoms with Crippen LogP contribution < -0.4 is 4.74 Å². The standard InChI is InChI=1S/C21H23N5O2/c1-2-26(11-12-27)14-21-23-19-8-7-17(13-20(19)24-21)28-16-5-3-15(4-6-16)18-9-10-22-25-18/h3-10,13,27H,2,11-12,14H2,1H3,(H,22,25)(H,23,24). The molecule has 4 aromatic rings. The number of hydrogen-bond acceptors (Lipinski definition) is 5. The van der Waals surface area contributed by atoms with Crippen molar-refractivity contribution in [1.29, 1.82) is 0 Å². The SMILES string of the molecule is CCN(CCO)Cc1nc2cc(Oc3ccc(-c4ccn[nH]4)cc3)ccc2[nH]1. The number of likely N-dealkylation sites (N-methyl/N-ethyl adjacent to an activating group) is 1. The summed E-state index contributed by atoms with van der Waals surface area (Å²) in [6, 6.07) is 15.6. The lowest BCUT2D eigenvalue weighted by molar-refractivity contribution is 0.194. The Hall–Kier alpha value is -3.16. The lowest BCUT2D eigenvalue weighted by atomic mass is 10.1. The number of aliphatic hydroxyl groups excluding tert-OH is 1. The highest BCUT2D eigenvalue weighted by molar-refractivity contribution is 5.77. The van der Waals surface area contributed by atoms with E-state index in [1.165, 1.54) is 0 Å². The van der Waals surface area contributed by atoms with Crippen molar-refractivity contribution in [3.05, 3.63) is 60.6 Å². The largest absolute Gasteiger partial charge is 0.457 e. The predicted octanol–water partition coefficient (Wildman–Crippen LogP) is 3.56. The molecule has 3 N–H and O–H groups in total. The van der Waals surface area contributed by atoms with E-state index in [2.05, 4.69) is 32.0 Å². The molecule has 4 rings (SSSR count). The number of imidazole rings is 1. The zero-order chi connectivity index (χ0) is 19.3. The summed E-state index contributed by atoms with van der Waals surface area (Å²) in [5.74, 6) is 2.38. The van der Waals surface area contributed by atoms with Gasteiger partial charge in [-0.15, -0.1) is 0 Å². The third-order valence-electron chi connectivity index (χ3n) is 4.64. The van der Waals surface area contributed by atoms with Gasteiger partial charge in [0.15, 0.2) is 0 Å². The second-order valence-electron chi connectivity index (χ2n) is 6.55. The number of aromatic nitrogens is 4. The molecule has 0 bridgehead atoms. The summed E-state index contributed by atoms with van der Waals surface area (Å²) in [6.45, 7) is 4.39. The van der Waals surface area contributed by atoms with Crippen molar-refractivity contribution in [1.82, 2.24) is 25.1 Å². The highest BCUT2D eigenvalue weighted by Crippen LogP contribution is 2.27. The Morgan fingerprint density at radius 1 is 1.07 bits per heavy atom. The summed E-state index contributed by atoms with van der Waals surface area (Å²) >= 11 is 0. The summed E-state index contributed by atoms with van der Waals surface area (Å²) in [5.41, 5.74) is 3.86. The van der Waals surface area contributed by atoms with Crippen molar-refractivity contribution in [3.63, 3.8) is 0 Å². The Balaban J connectivity index is 1.48. The molecule has 0 amide bonds. The van der Waals surface area contributed by atoms with Crippen LogP contribution in [0.25, 0.3) is 22.3 Å². The first-order chi connectivity index (χ1) is 13.7. The van der Waals surface area contributed by atoms with Crippen LogP contribution in [-0.2, 0) is 6.54 Å². The summed E-state index contributed by atoms with van der Waals surface area (Å²) in [5, 5.41) is 16.1. The van der Waals surface area contributed by atoms with E-state index < -0.39 is 0 Å². The fourth-order valence-corrected chi connectivity index (χ4v) is 3.13. The van der Waals surface area contributed by atoms with Crippen molar-refractivity contribution >= 4 is 11.0 Å². The van der Waals surface area contributed by atoms with Crippen LogP contribution in [0.2, 0.25) is 0 Å². The Morgan fingerprint density at radius 3 is 2.61 bits per heavy atom. The van der Waals surface area contributed by atoms with Gasteiger partial charge in [0.05, 0.1) is 29.9 Å². The third-order valence-corrected chi connectivity index (χ3v) is 4.64. The van der Waals surface area contributed by atoms with Crippen LogP contribution in [0.4, 0.5) is 0 Å². The first-order valence-corrected chi connectivity index (χ1v) is 9.34. The third kappa shape index (κ3) is 4.05. The summed E-state index contributed by atoms with van der Waals surface area (Å²) in [6.07, 6.45) is 1.73. The van der Waals surface area contributed by atoms with Crippen molar-refractivity contribution in [2.45, 2.75) is 13.5 Å². The molecule has 0 aliphatic rings. The summed E-state index contributed by atoms with van der Waals surface area (Å²) in [7, 11) is 0. The molecule has 0 saturated heterocycles. The van der Waals surface area contributed by atoms with E-state index in [4.69, 9.17) is 9.84 Å². The van der Waals surface area contributed by atoms with Crippen LogP contribution in [0, 0.1) is 0 Å².